The molecule has 0 rings (SSSR count). The van der Waals surface area contributed by atoms with Crippen LogP contribution in [-0.2, 0) is 9.53 Å². The summed E-state index contributed by atoms with van der Waals surface area (Å²) in [5.74, 6) is -2.15. The number of esters is 1. The lowest BCUT2D eigenvalue weighted by Gasteiger charge is -2.17. The van der Waals surface area contributed by atoms with Gasteiger partial charge in [-0.25, -0.2) is 8.78 Å². The van der Waals surface area contributed by atoms with Gasteiger partial charge < -0.3 is 4.74 Å². The quantitative estimate of drug-likeness (QED) is 0.294. The van der Waals surface area contributed by atoms with E-state index in [1.165, 1.54) is 18.7 Å². The second kappa shape index (κ2) is 13.1. The van der Waals surface area contributed by atoms with Gasteiger partial charge in [0.1, 0.15) is 5.25 Å². The molecule has 0 saturated carbocycles. The molecule has 1 unspecified atom stereocenters. The van der Waals surface area contributed by atoms with Crippen molar-refractivity contribution in [2.45, 2.75) is 89.7 Å². The number of hydrogen-bond acceptors (Lipinski definition) is 3. The van der Waals surface area contributed by atoms with Gasteiger partial charge in [-0.2, -0.15) is 0 Å². The zero-order chi connectivity index (χ0) is 16.8. The highest BCUT2D eigenvalue weighted by Crippen LogP contribution is 2.27. The highest BCUT2D eigenvalue weighted by atomic mass is 32.2. The number of unbranched alkanes of at least 4 members (excludes halogenated alkanes) is 3. The third-order valence-corrected chi connectivity index (χ3v) is 4.95. The SMILES string of the molecule is CCCCCC(SCCCC(F)(F)CC)C(=O)OCCCC. The van der Waals surface area contributed by atoms with Crippen LogP contribution in [0, 0.1) is 0 Å². The van der Waals surface area contributed by atoms with Gasteiger partial charge in [0.05, 0.1) is 6.61 Å². The summed E-state index contributed by atoms with van der Waals surface area (Å²) < 4.78 is 31.7. The van der Waals surface area contributed by atoms with Gasteiger partial charge in [0.2, 0.25) is 5.92 Å². The summed E-state index contributed by atoms with van der Waals surface area (Å²) in [6.45, 7) is 6.14. The third-order valence-electron chi connectivity index (χ3n) is 3.60. The van der Waals surface area contributed by atoms with E-state index in [2.05, 4.69) is 13.8 Å². The van der Waals surface area contributed by atoms with Crippen molar-refractivity contribution in [2.24, 2.45) is 0 Å². The normalized spacial score (nSPS) is 13.1. The van der Waals surface area contributed by atoms with Crippen LogP contribution in [0.2, 0.25) is 0 Å². The monoisotopic (exact) mass is 338 g/mol. The number of carbonyl (C=O) groups is 1. The first-order valence-electron chi connectivity index (χ1n) is 8.62. The lowest BCUT2D eigenvalue weighted by atomic mass is 10.1. The molecule has 0 aliphatic carbocycles. The molecule has 0 amide bonds. The molecule has 0 bridgehead atoms. The van der Waals surface area contributed by atoms with E-state index in [9.17, 15) is 13.6 Å². The van der Waals surface area contributed by atoms with Crippen LogP contribution < -0.4 is 0 Å². The Kier molecular flexibility index (Phi) is 13.0. The molecule has 22 heavy (non-hydrogen) atoms. The first kappa shape index (κ1) is 21.7. The van der Waals surface area contributed by atoms with Crippen molar-refractivity contribution in [1.82, 2.24) is 0 Å². The fraction of sp³-hybridized carbons (Fsp3) is 0.941. The number of rotatable bonds is 14. The first-order chi connectivity index (χ1) is 10.5. The number of ether oxygens (including phenoxy) is 1. The number of alkyl halides is 2. The molecule has 0 aromatic rings. The summed E-state index contributed by atoms with van der Waals surface area (Å²) in [5.41, 5.74) is 0. The molecular weight excluding hydrogens is 306 g/mol. The Balaban J connectivity index is 4.14. The minimum Gasteiger partial charge on any atom is -0.465 e. The lowest BCUT2D eigenvalue weighted by Crippen LogP contribution is -2.22. The molecular formula is C17H32F2O2S. The summed E-state index contributed by atoms with van der Waals surface area (Å²) in [5, 5.41) is -0.196. The van der Waals surface area contributed by atoms with Gasteiger partial charge in [0.25, 0.3) is 0 Å². The predicted octanol–water partition coefficient (Wildman–Crippen LogP) is 5.84. The van der Waals surface area contributed by atoms with E-state index in [0.29, 0.717) is 18.8 Å². The third kappa shape index (κ3) is 11.3. The standard InChI is InChI=1S/C17H32F2O2S/c1-4-7-9-11-15(16(20)21-13-8-5-2)22-14-10-12-17(18,19)6-3/h15H,4-14H2,1-3H3. The van der Waals surface area contributed by atoms with E-state index in [4.69, 9.17) is 4.74 Å². The molecule has 0 fully saturated rings. The summed E-state index contributed by atoms with van der Waals surface area (Å²) in [7, 11) is 0. The van der Waals surface area contributed by atoms with Crippen molar-refractivity contribution in [1.29, 1.82) is 0 Å². The van der Waals surface area contributed by atoms with Gasteiger partial charge in [-0.1, -0.05) is 46.5 Å². The van der Waals surface area contributed by atoms with Crippen LogP contribution in [0.3, 0.4) is 0 Å². The predicted molar refractivity (Wildman–Crippen MR) is 90.7 cm³/mol. The topological polar surface area (TPSA) is 26.3 Å². The van der Waals surface area contributed by atoms with Crippen molar-refractivity contribution in [2.75, 3.05) is 12.4 Å². The fourth-order valence-electron chi connectivity index (χ4n) is 1.99. The minimum atomic E-state index is -2.57. The van der Waals surface area contributed by atoms with Gasteiger partial charge in [-0.05, 0) is 25.0 Å². The maximum absolute atomic E-state index is 13.2. The highest BCUT2D eigenvalue weighted by molar-refractivity contribution is 8.00. The van der Waals surface area contributed by atoms with Crippen LogP contribution in [0.15, 0.2) is 0 Å². The van der Waals surface area contributed by atoms with Gasteiger partial charge in [-0.3, -0.25) is 4.79 Å². The maximum Gasteiger partial charge on any atom is 0.319 e. The molecule has 0 saturated heterocycles. The van der Waals surface area contributed by atoms with Crippen LogP contribution in [0.4, 0.5) is 8.78 Å². The molecule has 0 aliphatic rings. The van der Waals surface area contributed by atoms with Crippen LogP contribution in [0.25, 0.3) is 0 Å². The van der Waals surface area contributed by atoms with Crippen LogP contribution >= 0.6 is 11.8 Å². The molecule has 0 aromatic carbocycles. The van der Waals surface area contributed by atoms with Crippen molar-refractivity contribution >= 4 is 17.7 Å². The fourth-order valence-corrected chi connectivity index (χ4v) is 3.13. The van der Waals surface area contributed by atoms with E-state index in [-0.39, 0.29) is 24.1 Å². The Morgan fingerprint density at radius 2 is 1.77 bits per heavy atom. The lowest BCUT2D eigenvalue weighted by molar-refractivity contribution is -0.143. The van der Waals surface area contributed by atoms with Crippen molar-refractivity contribution in [3.63, 3.8) is 0 Å². The second-order valence-electron chi connectivity index (χ2n) is 5.69. The van der Waals surface area contributed by atoms with Crippen LogP contribution in [-0.4, -0.2) is 29.5 Å². The molecule has 5 heteroatoms. The zero-order valence-corrected chi connectivity index (χ0v) is 15.2. The molecule has 0 radical (unpaired) electrons. The van der Waals surface area contributed by atoms with Gasteiger partial charge in [0, 0.05) is 12.8 Å². The van der Waals surface area contributed by atoms with E-state index in [1.807, 2.05) is 0 Å². The Morgan fingerprint density at radius 3 is 2.36 bits per heavy atom. The average Bonchev–Trinajstić information content (AvgIpc) is 2.50. The number of hydrogen-bond donors (Lipinski definition) is 0. The average molecular weight is 339 g/mol. The zero-order valence-electron chi connectivity index (χ0n) is 14.3. The summed E-state index contributed by atoms with van der Waals surface area (Å²) >= 11 is 1.48. The highest BCUT2D eigenvalue weighted by Gasteiger charge is 2.26. The summed E-state index contributed by atoms with van der Waals surface area (Å²) in [4.78, 5) is 12.1. The molecule has 132 valence electrons. The van der Waals surface area contributed by atoms with Gasteiger partial charge in [-0.15, -0.1) is 11.8 Å². The molecule has 0 aliphatic heterocycles. The van der Waals surface area contributed by atoms with Crippen molar-refractivity contribution < 1.29 is 18.3 Å². The van der Waals surface area contributed by atoms with Crippen LogP contribution in [0.1, 0.15) is 78.6 Å². The number of carbonyl (C=O) groups excluding carboxylic acids is 1. The Labute approximate surface area is 138 Å². The largest absolute Gasteiger partial charge is 0.465 e. The molecule has 0 N–H and O–H groups in total. The smallest absolute Gasteiger partial charge is 0.319 e. The van der Waals surface area contributed by atoms with Crippen LogP contribution in [0.5, 0.6) is 0 Å². The molecule has 0 spiro atoms. The minimum absolute atomic E-state index is 0.0942. The van der Waals surface area contributed by atoms with Crippen molar-refractivity contribution in [3.05, 3.63) is 0 Å². The summed E-state index contributed by atoms with van der Waals surface area (Å²) in [6.07, 6.45) is 6.07. The van der Waals surface area contributed by atoms with E-state index in [0.717, 1.165) is 38.5 Å². The van der Waals surface area contributed by atoms with E-state index < -0.39 is 5.92 Å². The second-order valence-corrected chi connectivity index (χ2v) is 7.00. The number of thioether (sulfide) groups is 1. The molecule has 0 heterocycles. The van der Waals surface area contributed by atoms with Crippen molar-refractivity contribution in [3.8, 4) is 0 Å². The number of halogens is 2. The molecule has 0 aromatic heterocycles. The van der Waals surface area contributed by atoms with E-state index >= 15 is 0 Å². The Hall–Kier alpha value is -0.320. The first-order valence-corrected chi connectivity index (χ1v) is 9.67. The molecule has 1 atom stereocenters. The summed E-state index contributed by atoms with van der Waals surface area (Å²) in [6, 6.07) is 0. The van der Waals surface area contributed by atoms with Gasteiger partial charge >= 0.3 is 5.97 Å². The Bertz CT molecular complexity index is 286. The Morgan fingerprint density at radius 1 is 1.09 bits per heavy atom. The van der Waals surface area contributed by atoms with Gasteiger partial charge in [0.15, 0.2) is 0 Å². The maximum atomic E-state index is 13.2. The molecule has 2 nitrogen and oxygen atoms in total. The van der Waals surface area contributed by atoms with E-state index in [1.54, 1.807) is 0 Å².